The summed E-state index contributed by atoms with van der Waals surface area (Å²) in [4.78, 5) is 0. The molecule has 1 unspecified atom stereocenters. The van der Waals surface area contributed by atoms with E-state index in [1.54, 1.807) is 0 Å². The van der Waals surface area contributed by atoms with Crippen molar-refractivity contribution < 1.29 is 0 Å². The van der Waals surface area contributed by atoms with Crippen LogP contribution in [-0.4, -0.2) is 7.38 Å². The van der Waals surface area contributed by atoms with E-state index in [1.165, 1.54) is 0 Å². The van der Waals surface area contributed by atoms with E-state index in [1.807, 2.05) is 0 Å². The molecule has 0 saturated carbocycles. The molecule has 0 aliphatic carbocycles. The van der Waals surface area contributed by atoms with Gasteiger partial charge in [0.15, 0.2) is 7.38 Å². The van der Waals surface area contributed by atoms with E-state index < -0.39 is 7.38 Å². The van der Waals surface area contributed by atoms with Gasteiger partial charge in [0.2, 0.25) is 0 Å². The Bertz CT molecular complexity index is 128. The highest BCUT2D eigenvalue weighted by Crippen LogP contribution is 2.21. The lowest BCUT2D eigenvalue weighted by molar-refractivity contribution is 0.944. The van der Waals surface area contributed by atoms with Crippen LogP contribution in [0.15, 0.2) is 0 Å². The van der Waals surface area contributed by atoms with Crippen molar-refractivity contribution in [3.8, 4) is 6.07 Å². The number of unbranched alkanes of at least 4 members (excludes halogenated alkanes) is 1. The molecule has 0 spiro atoms. The molecule has 0 heterocycles. The van der Waals surface area contributed by atoms with E-state index in [0.717, 1.165) is 18.5 Å². The topological polar surface area (TPSA) is 23.8 Å². The largest absolute Gasteiger partial charge is 0.198 e. The zero-order valence-electron chi connectivity index (χ0n) is 6.65. The Kier molecular flexibility index (Phi) is 4.76. The molecule has 0 saturated heterocycles. The Morgan fingerprint density at radius 3 is 2.60 bits per heavy atom. The van der Waals surface area contributed by atoms with Crippen molar-refractivity contribution in [2.45, 2.75) is 38.4 Å². The van der Waals surface area contributed by atoms with E-state index in [9.17, 15) is 0 Å². The van der Waals surface area contributed by atoms with Crippen LogP contribution in [0.1, 0.15) is 19.8 Å². The van der Waals surface area contributed by atoms with Crippen molar-refractivity contribution >= 4 is 18.5 Å². The minimum absolute atomic E-state index is 0.662. The van der Waals surface area contributed by atoms with Gasteiger partial charge in [-0.25, -0.2) is 0 Å². The average molecular weight is 176 g/mol. The maximum Gasteiger partial charge on any atom is 0.153 e. The van der Waals surface area contributed by atoms with Gasteiger partial charge >= 0.3 is 0 Å². The van der Waals surface area contributed by atoms with Crippen molar-refractivity contribution in [2.75, 3.05) is 0 Å². The normalized spacial score (nSPS) is 15.8. The van der Waals surface area contributed by atoms with Crippen LogP contribution >= 0.6 is 11.1 Å². The van der Waals surface area contributed by atoms with Crippen LogP contribution in [0.5, 0.6) is 0 Å². The summed E-state index contributed by atoms with van der Waals surface area (Å²) in [5, 5.41) is 8.26. The van der Waals surface area contributed by atoms with Crippen LogP contribution < -0.4 is 0 Å². The standard InChI is InChI=1S/C7H14ClNSi/c1-3-10(2,8)7-5-4-6-9/h3-5,7H2,1-2H3. The molecule has 10 heavy (non-hydrogen) atoms. The molecule has 3 heteroatoms. The third-order valence-corrected chi connectivity index (χ3v) is 5.96. The van der Waals surface area contributed by atoms with Crippen LogP contribution in [-0.2, 0) is 0 Å². The minimum atomic E-state index is -1.39. The fourth-order valence-electron chi connectivity index (χ4n) is 0.713. The minimum Gasteiger partial charge on any atom is -0.198 e. The van der Waals surface area contributed by atoms with Gasteiger partial charge in [0.1, 0.15) is 0 Å². The van der Waals surface area contributed by atoms with E-state index >= 15 is 0 Å². The number of hydrogen-bond donors (Lipinski definition) is 0. The van der Waals surface area contributed by atoms with Gasteiger partial charge in [-0.3, -0.25) is 0 Å². The fourth-order valence-corrected chi connectivity index (χ4v) is 2.38. The molecule has 0 aliphatic heterocycles. The summed E-state index contributed by atoms with van der Waals surface area (Å²) in [5.74, 6) is 0. The van der Waals surface area contributed by atoms with Gasteiger partial charge < -0.3 is 0 Å². The highest BCUT2D eigenvalue weighted by molar-refractivity contribution is 7.19. The molecule has 0 fully saturated rings. The summed E-state index contributed by atoms with van der Waals surface area (Å²) in [6.45, 7) is 4.29. The molecule has 0 aliphatic rings. The second-order valence-electron chi connectivity index (χ2n) is 2.78. The monoisotopic (exact) mass is 175 g/mol. The lowest BCUT2D eigenvalue weighted by Crippen LogP contribution is -2.19. The third-order valence-electron chi connectivity index (χ3n) is 1.72. The van der Waals surface area contributed by atoms with Gasteiger partial charge in [-0.1, -0.05) is 13.5 Å². The van der Waals surface area contributed by atoms with Crippen LogP contribution in [0.25, 0.3) is 0 Å². The van der Waals surface area contributed by atoms with E-state index in [4.69, 9.17) is 16.3 Å². The highest BCUT2D eigenvalue weighted by Gasteiger charge is 2.20. The summed E-state index contributed by atoms with van der Waals surface area (Å²) in [5.41, 5.74) is 0. The second-order valence-corrected chi connectivity index (χ2v) is 9.55. The van der Waals surface area contributed by atoms with Crippen LogP contribution in [0, 0.1) is 11.3 Å². The van der Waals surface area contributed by atoms with Gasteiger partial charge in [0, 0.05) is 6.42 Å². The molecular formula is C7H14ClNSi. The molecule has 0 bridgehead atoms. The number of nitriles is 1. The molecular weight excluding hydrogens is 162 g/mol. The van der Waals surface area contributed by atoms with Crippen molar-refractivity contribution in [3.63, 3.8) is 0 Å². The van der Waals surface area contributed by atoms with E-state index in [-0.39, 0.29) is 0 Å². The molecule has 0 radical (unpaired) electrons. The van der Waals surface area contributed by atoms with Gasteiger partial charge in [0.25, 0.3) is 0 Å². The Labute approximate surface area is 68.7 Å². The van der Waals surface area contributed by atoms with Crippen molar-refractivity contribution in [3.05, 3.63) is 0 Å². The first-order chi connectivity index (χ1) is 4.62. The Balaban J connectivity index is 3.39. The van der Waals surface area contributed by atoms with Gasteiger partial charge in [-0.2, -0.15) is 16.3 Å². The van der Waals surface area contributed by atoms with Crippen molar-refractivity contribution in [1.29, 1.82) is 5.26 Å². The summed E-state index contributed by atoms with van der Waals surface area (Å²) in [6.07, 6.45) is 1.64. The van der Waals surface area contributed by atoms with E-state index in [0.29, 0.717) is 6.42 Å². The molecule has 1 nitrogen and oxygen atoms in total. The lowest BCUT2D eigenvalue weighted by Gasteiger charge is -2.14. The lowest BCUT2D eigenvalue weighted by atomic mass is 10.4. The summed E-state index contributed by atoms with van der Waals surface area (Å²) in [6, 6.07) is 4.32. The predicted molar refractivity (Wildman–Crippen MR) is 47.6 cm³/mol. The number of halogens is 1. The van der Waals surface area contributed by atoms with Gasteiger partial charge in [-0.15, -0.1) is 0 Å². The first kappa shape index (κ1) is 10.00. The first-order valence-corrected chi connectivity index (χ1v) is 7.61. The van der Waals surface area contributed by atoms with Crippen molar-refractivity contribution in [1.82, 2.24) is 0 Å². The number of rotatable bonds is 4. The molecule has 0 N–H and O–H groups in total. The molecule has 0 amide bonds. The maximum absolute atomic E-state index is 8.26. The smallest absolute Gasteiger partial charge is 0.153 e. The Hall–Kier alpha value is -0.00312. The third kappa shape index (κ3) is 4.84. The average Bonchev–Trinajstić information content (AvgIpc) is 1.89. The summed E-state index contributed by atoms with van der Waals surface area (Å²) in [7, 11) is -1.39. The van der Waals surface area contributed by atoms with Gasteiger partial charge in [0.05, 0.1) is 6.07 Å². The highest BCUT2D eigenvalue weighted by atomic mass is 35.6. The van der Waals surface area contributed by atoms with Gasteiger partial charge in [-0.05, 0) is 18.5 Å². The van der Waals surface area contributed by atoms with Crippen LogP contribution in [0.4, 0.5) is 0 Å². The molecule has 1 atom stereocenters. The molecule has 58 valence electrons. The number of nitrogens with zero attached hydrogens (tertiary/aromatic N) is 1. The molecule has 0 aromatic rings. The number of hydrogen-bond acceptors (Lipinski definition) is 1. The maximum atomic E-state index is 8.26. The Morgan fingerprint density at radius 1 is 1.60 bits per heavy atom. The SMILES string of the molecule is CC[Si](C)(Cl)CCCC#N. The molecule has 0 aromatic heterocycles. The molecule has 0 aromatic carbocycles. The fraction of sp³-hybridized carbons (Fsp3) is 0.857. The van der Waals surface area contributed by atoms with E-state index in [2.05, 4.69) is 19.5 Å². The first-order valence-electron chi connectivity index (χ1n) is 3.68. The van der Waals surface area contributed by atoms with Crippen LogP contribution in [0.2, 0.25) is 18.6 Å². The van der Waals surface area contributed by atoms with Crippen LogP contribution in [0.3, 0.4) is 0 Å². The molecule has 0 rings (SSSR count). The second kappa shape index (κ2) is 4.76. The Morgan fingerprint density at radius 2 is 2.20 bits per heavy atom. The zero-order valence-corrected chi connectivity index (χ0v) is 8.41. The summed E-state index contributed by atoms with van der Waals surface area (Å²) >= 11 is 6.19. The van der Waals surface area contributed by atoms with Crippen molar-refractivity contribution in [2.24, 2.45) is 0 Å². The predicted octanol–water partition coefficient (Wildman–Crippen LogP) is 3.12. The zero-order chi connectivity index (χ0) is 8.04. The quantitative estimate of drug-likeness (QED) is 0.366. The summed E-state index contributed by atoms with van der Waals surface area (Å²) < 4.78 is 0.